The number of amides is 1. The zero-order valence-corrected chi connectivity index (χ0v) is 14.4. The summed E-state index contributed by atoms with van der Waals surface area (Å²) in [5.41, 5.74) is 2.23. The van der Waals surface area contributed by atoms with Crippen LogP contribution in [0, 0.1) is 5.92 Å². The summed E-state index contributed by atoms with van der Waals surface area (Å²) in [5.74, 6) is 1.09. The van der Waals surface area contributed by atoms with E-state index in [0.717, 1.165) is 24.2 Å². The van der Waals surface area contributed by atoms with Crippen LogP contribution in [0.25, 0.3) is 0 Å². The van der Waals surface area contributed by atoms with Gasteiger partial charge in [-0.15, -0.1) is 0 Å². The Morgan fingerprint density at radius 2 is 2.00 bits per heavy atom. The fourth-order valence-electron chi connectivity index (χ4n) is 4.03. The number of hydrogen-bond donors (Lipinski definition) is 1. The maximum atomic E-state index is 12.7. The topological polar surface area (TPSA) is 47.6 Å². The number of carbonyl (C=O) groups excluding carboxylic acids is 1. The van der Waals surface area contributed by atoms with E-state index in [-0.39, 0.29) is 23.3 Å². The summed E-state index contributed by atoms with van der Waals surface area (Å²) in [7, 11) is 1.68. The van der Waals surface area contributed by atoms with E-state index in [2.05, 4.69) is 11.4 Å². The van der Waals surface area contributed by atoms with Gasteiger partial charge in [-0.3, -0.25) is 4.79 Å². The molecule has 4 nitrogen and oxygen atoms in total. The van der Waals surface area contributed by atoms with Crippen LogP contribution in [-0.2, 0) is 14.9 Å². The molecule has 1 saturated carbocycles. The van der Waals surface area contributed by atoms with E-state index in [1.807, 2.05) is 48.5 Å². The van der Waals surface area contributed by atoms with E-state index in [4.69, 9.17) is 9.47 Å². The summed E-state index contributed by atoms with van der Waals surface area (Å²) < 4.78 is 11.3. The molecule has 1 heterocycles. The largest absolute Gasteiger partial charge is 0.493 e. The molecule has 1 fully saturated rings. The van der Waals surface area contributed by atoms with Gasteiger partial charge in [0.15, 0.2) is 0 Å². The molecule has 0 saturated heterocycles. The van der Waals surface area contributed by atoms with E-state index in [1.165, 1.54) is 5.56 Å². The Hall–Kier alpha value is -2.33. The van der Waals surface area contributed by atoms with Crippen molar-refractivity contribution >= 4 is 5.91 Å². The van der Waals surface area contributed by atoms with Gasteiger partial charge in [-0.05, 0) is 24.5 Å². The third-order valence-electron chi connectivity index (χ3n) is 5.54. The number of nitrogens with one attached hydrogen (secondary N) is 1. The number of methoxy groups -OCH3 is 1. The normalized spacial score (nSPS) is 24.9. The molecule has 1 aliphatic carbocycles. The molecule has 25 heavy (non-hydrogen) atoms. The lowest BCUT2D eigenvalue weighted by atomic mass is 9.87. The average molecular weight is 337 g/mol. The van der Waals surface area contributed by atoms with E-state index in [9.17, 15) is 4.79 Å². The van der Waals surface area contributed by atoms with Crippen LogP contribution in [0.3, 0.4) is 0 Å². The predicted octanol–water partition coefficient (Wildman–Crippen LogP) is 3.23. The third kappa shape index (κ3) is 2.91. The van der Waals surface area contributed by atoms with Crippen molar-refractivity contribution in [3.63, 3.8) is 0 Å². The molecule has 0 radical (unpaired) electrons. The smallest absolute Gasteiger partial charge is 0.224 e. The van der Waals surface area contributed by atoms with Crippen molar-refractivity contribution in [2.75, 3.05) is 20.3 Å². The quantitative estimate of drug-likeness (QED) is 0.911. The van der Waals surface area contributed by atoms with Crippen molar-refractivity contribution in [1.29, 1.82) is 0 Å². The van der Waals surface area contributed by atoms with Gasteiger partial charge in [-0.2, -0.15) is 0 Å². The minimum absolute atomic E-state index is 0.0332. The van der Waals surface area contributed by atoms with Crippen molar-refractivity contribution in [3.8, 4) is 5.75 Å². The van der Waals surface area contributed by atoms with Gasteiger partial charge in [-0.25, -0.2) is 0 Å². The molecule has 1 spiro atoms. The summed E-state index contributed by atoms with van der Waals surface area (Å²) >= 11 is 0. The molecular formula is C21H23NO3. The van der Waals surface area contributed by atoms with Gasteiger partial charge in [0, 0.05) is 30.6 Å². The molecular weight excluding hydrogens is 314 g/mol. The van der Waals surface area contributed by atoms with Crippen LogP contribution in [0.5, 0.6) is 5.75 Å². The molecule has 0 bridgehead atoms. The van der Waals surface area contributed by atoms with Gasteiger partial charge in [0.25, 0.3) is 0 Å². The standard InChI is InChI=1S/C21H23NO3/c1-24-19(15-7-3-2-4-8-15)14-22-20(23)17-13-21(17)11-12-25-18-10-6-5-9-16(18)21/h2-10,17,19H,11-14H2,1H3,(H,22,23)/t17-,19-,21-/m0/s1. The van der Waals surface area contributed by atoms with Crippen molar-refractivity contribution in [2.24, 2.45) is 5.92 Å². The second-order valence-corrected chi connectivity index (χ2v) is 6.89. The minimum atomic E-state index is -0.123. The maximum absolute atomic E-state index is 12.7. The van der Waals surface area contributed by atoms with Gasteiger partial charge in [0.1, 0.15) is 5.75 Å². The van der Waals surface area contributed by atoms with Crippen LogP contribution in [0.1, 0.15) is 30.1 Å². The highest BCUT2D eigenvalue weighted by atomic mass is 16.5. The number of fused-ring (bicyclic) bond motifs is 2. The highest BCUT2D eigenvalue weighted by Gasteiger charge is 2.60. The predicted molar refractivity (Wildman–Crippen MR) is 95.5 cm³/mol. The van der Waals surface area contributed by atoms with Crippen LogP contribution < -0.4 is 10.1 Å². The summed E-state index contributed by atoms with van der Waals surface area (Å²) in [5, 5.41) is 3.09. The van der Waals surface area contributed by atoms with Crippen molar-refractivity contribution < 1.29 is 14.3 Å². The first-order valence-electron chi connectivity index (χ1n) is 8.82. The molecule has 1 N–H and O–H groups in total. The van der Waals surface area contributed by atoms with Gasteiger partial charge in [-0.1, -0.05) is 48.5 Å². The van der Waals surface area contributed by atoms with E-state index in [0.29, 0.717) is 13.2 Å². The second-order valence-electron chi connectivity index (χ2n) is 6.89. The molecule has 2 aliphatic rings. The number of carbonyl (C=O) groups is 1. The number of rotatable bonds is 5. The number of ether oxygens (including phenoxy) is 2. The Morgan fingerprint density at radius 1 is 1.24 bits per heavy atom. The highest BCUT2D eigenvalue weighted by Crippen LogP contribution is 2.60. The Bertz CT molecular complexity index is 761. The van der Waals surface area contributed by atoms with Crippen molar-refractivity contribution in [3.05, 3.63) is 65.7 Å². The molecule has 3 atom stereocenters. The summed E-state index contributed by atoms with van der Waals surface area (Å²) in [4.78, 5) is 12.7. The Morgan fingerprint density at radius 3 is 2.80 bits per heavy atom. The SMILES string of the molecule is CO[C@@H](CNC(=O)[C@@H]1C[C@]12CCOc1ccccc12)c1ccccc1. The summed E-state index contributed by atoms with van der Waals surface area (Å²) in [6.07, 6.45) is 1.69. The van der Waals surface area contributed by atoms with E-state index in [1.54, 1.807) is 7.11 Å². The lowest BCUT2D eigenvalue weighted by molar-refractivity contribution is -0.123. The Labute approximate surface area is 148 Å². The molecule has 4 rings (SSSR count). The molecule has 2 aromatic rings. The van der Waals surface area contributed by atoms with Crippen molar-refractivity contribution in [1.82, 2.24) is 5.32 Å². The molecule has 130 valence electrons. The zero-order valence-electron chi connectivity index (χ0n) is 14.4. The average Bonchev–Trinajstić information content (AvgIpc) is 3.38. The number of benzene rings is 2. The van der Waals surface area contributed by atoms with Crippen LogP contribution in [0.4, 0.5) is 0 Å². The third-order valence-corrected chi connectivity index (χ3v) is 5.54. The fourth-order valence-corrected chi connectivity index (χ4v) is 4.03. The monoisotopic (exact) mass is 337 g/mol. The first-order valence-corrected chi connectivity index (χ1v) is 8.82. The summed E-state index contributed by atoms with van der Waals surface area (Å²) in [6, 6.07) is 18.1. The van der Waals surface area contributed by atoms with Crippen LogP contribution in [0.15, 0.2) is 54.6 Å². The van der Waals surface area contributed by atoms with Gasteiger partial charge in [0.05, 0.1) is 12.7 Å². The first kappa shape index (κ1) is 16.2. The molecule has 1 aliphatic heterocycles. The van der Waals surface area contributed by atoms with Gasteiger partial charge < -0.3 is 14.8 Å². The van der Waals surface area contributed by atoms with Crippen LogP contribution >= 0.6 is 0 Å². The van der Waals surface area contributed by atoms with E-state index >= 15 is 0 Å². The molecule has 1 amide bonds. The number of hydrogen-bond acceptors (Lipinski definition) is 3. The van der Waals surface area contributed by atoms with Crippen LogP contribution in [0.2, 0.25) is 0 Å². The molecule has 0 aromatic heterocycles. The maximum Gasteiger partial charge on any atom is 0.224 e. The lowest BCUT2D eigenvalue weighted by Crippen LogP contribution is -2.33. The fraction of sp³-hybridized carbons (Fsp3) is 0.381. The van der Waals surface area contributed by atoms with E-state index < -0.39 is 0 Å². The first-order chi connectivity index (χ1) is 12.2. The summed E-state index contributed by atoms with van der Waals surface area (Å²) in [6.45, 7) is 1.18. The molecule has 0 unspecified atom stereocenters. The minimum Gasteiger partial charge on any atom is -0.493 e. The lowest BCUT2D eigenvalue weighted by Gasteiger charge is -2.26. The Kier molecular flexibility index (Phi) is 4.22. The second kappa shape index (κ2) is 6.52. The van der Waals surface area contributed by atoms with Crippen molar-refractivity contribution in [2.45, 2.75) is 24.4 Å². The molecule has 4 heteroatoms. The Balaban J connectivity index is 1.42. The zero-order chi connectivity index (χ0) is 17.3. The number of para-hydroxylation sites is 1. The highest BCUT2D eigenvalue weighted by molar-refractivity contribution is 5.85. The van der Waals surface area contributed by atoms with Gasteiger partial charge >= 0.3 is 0 Å². The van der Waals surface area contributed by atoms with Crippen LogP contribution in [-0.4, -0.2) is 26.2 Å². The molecule has 2 aromatic carbocycles. The van der Waals surface area contributed by atoms with Gasteiger partial charge in [0.2, 0.25) is 5.91 Å².